The van der Waals surface area contributed by atoms with Crippen LogP contribution < -0.4 is 11.2 Å². The largest absolute Gasteiger partial charge is 0.420 e. The fraction of sp³-hybridized carbons (Fsp3) is 0.0714. The summed E-state index contributed by atoms with van der Waals surface area (Å²) in [4.78, 5) is 30.5. The van der Waals surface area contributed by atoms with Crippen LogP contribution in [0.15, 0.2) is 50.6 Å². The van der Waals surface area contributed by atoms with Gasteiger partial charge < -0.3 is 4.98 Å². The van der Waals surface area contributed by atoms with Crippen LogP contribution in [0.3, 0.4) is 0 Å². The number of nitrogens with one attached hydrogen (secondary N) is 1. The second-order valence-corrected chi connectivity index (χ2v) is 5.55. The number of rotatable bonds is 1. The van der Waals surface area contributed by atoms with Crippen molar-refractivity contribution in [2.75, 3.05) is 0 Å². The predicted octanol–water partition coefficient (Wildman–Crippen LogP) is 2.86. The summed E-state index contributed by atoms with van der Waals surface area (Å²) in [6.07, 6.45) is -3.69. The van der Waals surface area contributed by atoms with Gasteiger partial charge in [0.1, 0.15) is 5.56 Å². The molecule has 2 heterocycles. The van der Waals surface area contributed by atoms with Gasteiger partial charge in [-0.25, -0.2) is 14.3 Å². The zero-order chi connectivity index (χ0) is 16.8. The summed E-state index contributed by atoms with van der Waals surface area (Å²) >= 11 is 2.90. The molecule has 0 bridgehead atoms. The van der Waals surface area contributed by atoms with E-state index in [1.807, 2.05) is 0 Å². The smallest absolute Gasteiger partial charge is 0.306 e. The van der Waals surface area contributed by atoms with E-state index in [4.69, 9.17) is 0 Å². The van der Waals surface area contributed by atoms with Crippen molar-refractivity contribution in [3.05, 3.63) is 67.4 Å². The minimum Gasteiger partial charge on any atom is -0.306 e. The Labute approximate surface area is 134 Å². The summed E-state index contributed by atoms with van der Waals surface area (Å²) < 4.78 is 40.1. The van der Waals surface area contributed by atoms with E-state index in [9.17, 15) is 22.8 Å². The van der Waals surface area contributed by atoms with Crippen LogP contribution in [0, 0.1) is 0 Å². The highest BCUT2D eigenvalue weighted by molar-refractivity contribution is 9.10. The topological polar surface area (TPSA) is 67.8 Å². The minimum absolute atomic E-state index is 0.0823. The lowest BCUT2D eigenvalue weighted by Crippen LogP contribution is -2.35. The molecule has 0 fully saturated rings. The summed E-state index contributed by atoms with van der Waals surface area (Å²) in [7, 11) is 0. The van der Waals surface area contributed by atoms with Crippen molar-refractivity contribution < 1.29 is 13.2 Å². The molecule has 1 aromatic carbocycles. The maximum atomic E-state index is 13.2. The van der Waals surface area contributed by atoms with Crippen LogP contribution in [-0.4, -0.2) is 14.5 Å². The number of halogens is 4. The van der Waals surface area contributed by atoms with E-state index in [2.05, 4.69) is 25.9 Å². The molecule has 3 rings (SSSR count). The molecule has 2 aromatic heterocycles. The Morgan fingerprint density at radius 3 is 2.57 bits per heavy atom. The van der Waals surface area contributed by atoms with Gasteiger partial charge in [-0.15, -0.1) is 0 Å². The first-order valence-electron chi connectivity index (χ1n) is 6.26. The molecule has 0 saturated heterocycles. The number of H-pyrrole nitrogens is 1. The summed E-state index contributed by atoms with van der Waals surface area (Å²) in [6.45, 7) is 0. The number of hydrogen-bond donors (Lipinski definition) is 1. The quantitative estimate of drug-likeness (QED) is 0.700. The molecule has 5 nitrogen and oxygen atoms in total. The van der Waals surface area contributed by atoms with Crippen LogP contribution in [0.4, 0.5) is 13.2 Å². The summed E-state index contributed by atoms with van der Waals surface area (Å²) in [6, 6.07) is 6.81. The molecule has 0 atom stereocenters. The second-order valence-electron chi connectivity index (χ2n) is 4.64. The highest BCUT2D eigenvalue weighted by atomic mass is 79.9. The third-order valence-electron chi connectivity index (χ3n) is 3.16. The molecule has 0 aliphatic heterocycles. The van der Waals surface area contributed by atoms with Crippen molar-refractivity contribution in [1.29, 1.82) is 0 Å². The lowest BCUT2D eigenvalue weighted by Gasteiger charge is -2.13. The van der Waals surface area contributed by atoms with E-state index in [1.165, 1.54) is 12.1 Å². The molecule has 0 spiro atoms. The molecule has 9 heteroatoms. The Morgan fingerprint density at radius 1 is 1.17 bits per heavy atom. The summed E-state index contributed by atoms with van der Waals surface area (Å²) in [5.74, 6) is -0.766. The molecule has 118 valence electrons. The Hall–Kier alpha value is -2.42. The van der Waals surface area contributed by atoms with Crippen molar-refractivity contribution in [1.82, 2.24) is 14.5 Å². The molecule has 0 amide bonds. The molecular formula is C14H7BrF3N3O2. The number of aromatic nitrogens is 3. The van der Waals surface area contributed by atoms with Gasteiger partial charge in [0.15, 0.2) is 5.82 Å². The maximum absolute atomic E-state index is 13.2. The number of fused-ring (bicyclic) bond motifs is 1. The van der Waals surface area contributed by atoms with Crippen LogP contribution in [-0.2, 0) is 6.18 Å². The molecule has 23 heavy (non-hydrogen) atoms. The number of para-hydroxylation sites is 1. The summed E-state index contributed by atoms with van der Waals surface area (Å²) in [5.41, 5.74) is -2.81. The first-order chi connectivity index (χ1) is 10.8. The normalized spacial score (nSPS) is 11.8. The minimum atomic E-state index is -4.77. The molecular weight excluding hydrogens is 379 g/mol. The fourth-order valence-electron chi connectivity index (χ4n) is 2.17. The van der Waals surface area contributed by atoms with Gasteiger partial charge in [-0.1, -0.05) is 12.1 Å². The highest BCUT2D eigenvalue weighted by Gasteiger charge is 2.36. The predicted molar refractivity (Wildman–Crippen MR) is 80.7 cm³/mol. The molecule has 0 aliphatic carbocycles. The number of hydrogen-bond acceptors (Lipinski definition) is 3. The van der Waals surface area contributed by atoms with E-state index >= 15 is 0 Å². The maximum Gasteiger partial charge on any atom is 0.420 e. The lowest BCUT2D eigenvalue weighted by molar-refractivity contribution is -0.137. The van der Waals surface area contributed by atoms with Crippen LogP contribution in [0.25, 0.3) is 16.7 Å². The monoisotopic (exact) mass is 385 g/mol. The Bertz CT molecular complexity index is 1020. The van der Waals surface area contributed by atoms with Gasteiger partial charge in [-0.3, -0.25) is 4.79 Å². The van der Waals surface area contributed by atoms with Gasteiger partial charge in [0.25, 0.3) is 5.56 Å². The van der Waals surface area contributed by atoms with E-state index in [0.717, 1.165) is 12.3 Å². The first-order valence-corrected chi connectivity index (χ1v) is 7.05. The van der Waals surface area contributed by atoms with Crippen LogP contribution >= 0.6 is 15.9 Å². The van der Waals surface area contributed by atoms with Crippen LogP contribution in [0.5, 0.6) is 0 Å². The molecule has 0 aliphatic rings. The van der Waals surface area contributed by atoms with Gasteiger partial charge in [-0.2, -0.15) is 13.2 Å². The SMILES string of the molecule is O=c1[nH]c2ccccc2c(=O)n1-c1ncc(Br)cc1C(F)(F)F. The number of pyridine rings is 1. The fourth-order valence-corrected chi connectivity index (χ4v) is 2.50. The Morgan fingerprint density at radius 2 is 1.87 bits per heavy atom. The van der Waals surface area contributed by atoms with E-state index < -0.39 is 28.8 Å². The number of nitrogens with zero attached hydrogens (tertiary/aromatic N) is 2. The second kappa shape index (κ2) is 5.34. The van der Waals surface area contributed by atoms with Gasteiger partial charge in [0.05, 0.1) is 10.9 Å². The van der Waals surface area contributed by atoms with Crippen molar-refractivity contribution in [2.24, 2.45) is 0 Å². The van der Waals surface area contributed by atoms with Crippen molar-refractivity contribution in [3.8, 4) is 5.82 Å². The van der Waals surface area contributed by atoms with E-state index in [1.54, 1.807) is 12.1 Å². The van der Waals surface area contributed by atoms with Gasteiger partial charge >= 0.3 is 11.9 Å². The van der Waals surface area contributed by atoms with Gasteiger partial charge in [0.2, 0.25) is 0 Å². The van der Waals surface area contributed by atoms with Crippen LogP contribution in [0.1, 0.15) is 5.56 Å². The van der Waals surface area contributed by atoms with Crippen molar-refractivity contribution >= 4 is 26.8 Å². The average Bonchev–Trinajstić information content (AvgIpc) is 2.47. The van der Waals surface area contributed by atoms with Gasteiger partial charge in [-0.05, 0) is 34.1 Å². The third kappa shape index (κ3) is 2.67. The number of aromatic amines is 1. The molecule has 0 radical (unpaired) electrons. The van der Waals surface area contributed by atoms with Crippen LogP contribution in [0.2, 0.25) is 0 Å². The van der Waals surface area contributed by atoms with Crippen molar-refractivity contribution in [3.63, 3.8) is 0 Å². The Kier molecular flexibility index (Phi) is 3.59. The lowest BCUT2D eigenvalue weighted by atomic mass is 10.2. The molecule has 3 aromatic rings. The standard InChI is InChI=1S/C14H7BrF3N3O2/c15-7-5-9(14(16,17)18)11(19-6-7)21-12(22)8-3-1-2-4-10(8)20-13(21)23/h1-6H,(H,20,23). The van der Waals surface area contributed by atoms with E-state index in [-0.39, 0.29) is 15.4 Å². The number of alkyl halides is 3. The summed E-state index contributed by atoms with van der Waals surface area (Å²) in [5, 5.41) is 0.0879. The van der Waals surface area contributed by atoms with E-state index in [0.29, 0.717) is 4.57 Å². The van der Waals surface area contributed by atoms with Crippen molar-refractivity contribution in [2.45, 2.75) is 6.18 Å². The highest BCUT2D eigenvalue weighted by Crippen LogP contribution is 2.33. The van der Waals surface area contributed by atoms with Gasteiger partial charge in [0, 0.05) is 10.7 Å². The number of benzene rings is 1. The average molecular weight is 386 g/mol. The third-order valence-corrected chi connectivity index (χ3v) is 3.59. The molecule has 0 saturated carbocycles. The Balaban J connectivity index is 2.43. The molecule has 1 N–H and O–H groups in total. The zero-order valence-electron chi connectivity index (χ0n) is 11.2. The molecule has 0 unspecified atom stereocenters. The zero-order valence-corrected chi connectivity index (χ0v) is 12.8. The first kappa shape index (κ1) is 15.5.